The van der Waals surface area contributed by atoms with Gasteiger partial charge in [0.2, 0.25) is 5.60 Å². The summed E-state index contributed by atoms with van der Waals surface area (Å²) in [6.45, 7) is 0.921. The fraction of sp³-hybridized carbons (Fsp3) is 0.481. The van der Waals surface area contributed by atoms with Crippen LogP contribution in [0.2, 0.25) is 0 Å². The molecule has 2 fully saturated rings. The number of benzene rings is 1. The predicted molar refractivity (Wildman–Crippen MR) is 148 cm³/mol. The number of nitrogens with zero attached hydrogens (tertiary/aromatic N) is 4. The maximum atomic E-state index is 14.1. The van der Waals surface area contributed by atoms with Gasteiger partial charge in [0.1, 0.15) is 60.7 Å². The highest BCUT2D eigenvalue weighted by Gasteiger charge is 2.57. The number of rotatable bonds is 11. The molecular weight excluding hydrogens is 567 g/mol. The predicted octanol–water partition coefficient (Wildman–Crippen LogP) is 2.42. The summed E-state index contributed by atoms with van der Waals surface area (Å²) in [5.41, 5.74) is 4.46. The third-order valence-corrected chi connectivity index (χ3v) is 9.00. The first-order valence-electron chi connectivity index (χ1n) is 13.7. The van der Waals surface area contributed by atoms with Crippen LogP contribution < -0.4 is 15.3 Å². The lowest BCUT2D eigenvalue weighted by atomic mass is 9.96. The van der Waals surface area contributed by atoms with E-state index in [1.54, 1.807) is 49.4 Å². The van der Waals surface area contributed by atoms with Gasteiger partial charge in [-0.3, -0.25) is 9.32 Å². The summed E-state index contributed by atoms with van der Waals surface area (Å²) in [6.07, 6.45) is 0.0559. The van der Waals surface area contributed by atoms with Crippen LogP contribution in [0, 0.1) is 11.3 Å². The van der Waals surface area contributed by atoms with E-state index in [1.807, 2.05) is 6.07 Å². The van der Waals surface area contributed by atoms with Crippen molar-refractivity contribution in [3.05, 3.63) is 54.5 Å². The number of carbonyl (C=O) groups excluding carboxylic acids is 1. The zero-order valence-corrected chi connectivity index (χ0v) is 23.8. The number of ether oxygens (including phenoxy) is 2. The van der Waals surface area contributed by atoms with E-state index in [1.165, 1.54) is 10.8 Å². The Labute approximate surface area is 241 Å². The molecule has 1 saturated heterocycles. The summed E-state index contributed by atoms with van der Waals surface area (Å²) >= 11 is 0. The lowest BCUT2D eigenvalue weighted by Crippen LogP contribution is -2.46. The van der Waals surface area contributed by atoms with Crippen LogP contribution in [0.3, 0.4) is 0 Å². The Morgan fingerprint density at radius 1 is 1.29 bits per heavy atom. The number of nitrogen functional groups attached to an aromatic ring is 1. The molecule has 2 aromatic heterocycles. The summed E-state index contributed by atoms with van der Waals surface area (Å²) in [4.78, 5) is 16.9. The van der Waals surface area contributed by atoms with Crippen molar-refractivity contribution >= 4 is 25.1 Å². The Balaban J connectivity index is 1.38. The van der Waals surface area contributed by atoms with Gasteiger partial charge in [0.15, 0.2) is 5.82 Å². The van der Waals surface area contributed by atoms with E-state index >= 15 is 0 Å². The number of aliphatic hydroxyl groups is 2. The van der Waals surface area contributed by atoms with Crippen molar-refractivity contribution in [3.8, 4) is 11.8 Å². The van der Waals surface area contributed by atoms with E-state index in [2.05, 4.69) is 15.2 Å². The van der Waals surface area contributed by atoms with Crippen molar-refractivity contribution in [3.63, 3.8) is 0 Å². The average molecular weight is 601 g/mol. The number of hydrogen-bond acceptors (Lipinski definition) is 12. The van der Waals surface area contributed by atoms with Crippen LogP contribution in [0.1, 0.15) is 50.8 Å². The van der Waals surface area contributed by atoms with Crippen LogP contribution in [0.25, 0.3) is 5.52 Å². The van der Waals surface area contributed by atoms with Gasteiger partial charge >= 0.3 is 13.7 Å². The van der Waals surface area contributed by atoms with Crippen molar-refractivity contribution in [2.45, 2.75) is 75.1 Å². The molecule has 5 N–H and O–H groups in total. The third kappa shape index (κ3) is 5.98. The highest BCUT2D eigenvalue weighted by Crippen LogP contribution is 2.48. The first-order chi connectivity index (χ1) is 20.2. The van der Waals surface area contributed by atoms with Crippen molar-refractivity contribution in [1.82, 2.24) is 19.7 Å². The van der Waals surface area contributed by atoms with Crippen LogP contribution >= 0.6 is 7.75 Å². The number of anilines is 1. The molecule has 1 aliphatic heterocycles. The van der Waals surface area contributed by atoms with Crippen molar-refractivity contribution in [1.29, 1.82) is 5.26 Å². The first-order valence-corrected chi connectivity index (χ1v) is 15.2. The third-order valence-electron chi connectivity index (χ3n) is 7.45. The Kier molecular flexibility index (Phi) is 8.79. The van der Waals surface area contributed by atoms with Crippen LogP contribution in [0.5, 0.6) is 5.75 Å². The highest BCUT2D eigenvalue weighted by atomic mass is 31.2. The molecule has 1 saturated carbocycles. The molecule has 1 aromatic carbocycles. The lowest BCUT2D eigenvalue weighted by molar-refractivity contribution is -0.151. The van der Waals surface area contributed by atoms with E-state index in [0.29, 0.717) is 11.2 Å². The molecule has 3 aromatic rings. The van der Waals surface area contributed by atoms with Gasteiger partial charge in [-0.05, 0) is 56.4 Å². The maximum absolute atomic E-state index is 14.1. The Bertz CT molecular complexity index is 1490. The van der Waals surface area contributed by atoms with Crippen molar-refractivity contribution in [2.24, 2.45) is 0 Å². The number of para-hydroxylation sites is 1. The zero-order chi connectivity index (χ0) is 29.9. The van der Waals surface area contributed by atoms with Crippen LogP contribution in [0.4, 0.5) is 5.82 Å². The van der Waals surface area contributed by atoms with E-state index in [9.17, 15) is 24.8 Å². The quantitative estimate of drug-likeness (QED) is 0.185. The number of esters is 1. The number of nitrogens with two attached hydrogens (primary N) is 1. The molecular formula is C27H33N6O8P. The van der Waals surface area contributed by atoms with Crippen molar-refractivity contribution < 1.29 is 38.1 Å². The average Bonchev–Trinajstić information content (AvgIpc) is 3.72. The highest BCUT2D eigenvalue weighted by molar-refractivity contribution is 7.52. The number of aromatic nitrogens is 3. The van der Waals surface area contributed by atoms with Crippen molar-refractivity contribution in [2.75, 3.05) is 12.3 Å². The second-order valence-corrected chi connectivity index (χ2v) is 12.0. The Hall–Kier alpha value is -3.57. The van der Waals surface area contributed by atoms with Gasteiger partial charge in [-0.2, -0.15) is 15.4 Å². The summed E-state index contributed by atoms with van der Waals surface area (Å²) in [7, 11) is -4.41. The fourth-order valence-corrected chi connectivity index (χ4v) is 6.73. The normalized spacial score (nSPS) is 26.5. The smallest absolute Gasteiger partial charge is 0.459 e. The van der Waals surface area contributed by atoms with E-state index < -0.39 is 50.3 Å². The van der Waals surface area contributed by atoms with E-state index in [0.717, 1.165) is 25.7 Å². The molecule has 0 unspecified atom stereocenters. The molecule has 0 bridgehead atoms. The van der Waals surface area contributed by atoms with Crippen LogP contribution in [-0.4, -0.2) is 67.3 Å². The number of nitrogens with one attached hydrogen (secondary N) is 1. The van der Waals surface area contributed by atoms with Gasteiger partial charge in [-0.1, -0.05) is 25.1 Å². The molecule has 5 rings (SSSR count). The van der Waals surface area contributed by atoms with Gasteiger partial charge in [0, 0.05) is 0 Å². The van der Waals surface area contributed by atoms with Crippen LogP contribution in [-0.2, 0) is 23.4 Å². The standard InChI is InChI=1S/C27H33N6O8P/c1-2-19(26(36)39-17-8-6-7-9-17)32-42(37,41-18-10-4-3-5-11-18)38-15-27(14-28)24(35)22(34)23(40-27)20-12-13-21-25(29)30-16-31-33(20)21/h3-5,10-13,16-17,19,22-24,34-35H,2,6-9,15H2,1H3,(H,32,37)(H2,29,30,31)/t19-,22-,23-,24-,27+,42+/m0/s1. The summed E-state index contributed by atoms with van der Waals surface area (Å²) in [6, 6.07) is 12.1. The number of nitriles is 1. The zero-order valence-electron chi connectivity index (χ0n) is 22.9. The minimum Gasteiger partial charge on any atom is -0.461 e. The first kappa shape index (κ1) is 29.9. The molecule has 2 aliphatic rings. The molecule has 0 radical (unpaired) electrons. The van der Waals surface area contributed by atoms with Gasteiger partial charge in [0.05, 0.1) is 5.69 Å². The molecule has 6 atom stereocenters. The summed E-state index contributed by atoms with van der Waals surface area (Å²) in [5.74, 6) is -0.254. The topological polar surface area (TPSA) is 204 Å². The molecule has 0 amide bonds. The second-order valence-electron chi connectivity index (χ2n) is 10.3. The fourth-order valence-electron chi connectivity index (χ4n) is 5.12. The number of fused-ring (bicyclic) bond motifs is 1. The van der Waals surface area contributed by atoms with Crippen LogP contribution in [0.15, 0.2) is 48.8 Å². The molecule has 0 spiro atoms. The van der Waals surface area contributed by atoms with Gasteiger partial charge in [-0.15, -0.1) is 0 Å². The van der Waals surface area contributed by atoms with Gasteiger partial charge < -0.3 is 29.9 Å². The number of carbonyl (C=O) groups is 1. The second kappa shape index (κ2) is 12.3. The molecule has 14 nitrogen and oxygen atoms in total. The van der Waals surface area contributed by atoms with E-state index in [-0.39, 0.29) is 24.1 Å². The number of aliphatic hydroxyl groups excluding tert-OH is 2. The molecule has 15 heteroatoms. The Morgan fingerprint density at radius 3 is 2.71 bits per heavy atom. The monoisotopic (exact) mass is 600 g/mol. The SMILES string of the molecule is CC[C@H](N[P@@](=O)(OC[C@@]1(C#N)O[C@@H](c2ccc3c(N)ncnn23)[C@H](O)[C@@H]1O)Oc1ccccc1)C(=O)OC1CCCC1. The molecule has 1 aliphatic carbocycles. The lowest BCUT2D eigenvalue weighted by Gasteiger charge is -2.29. The minimum atomic E-state index is -4.41. The molecule has 224 valence electrons. The van der Waals surface area contributed by atoms with Gasteiger partial charge in [0.25, 0.3) is 0 Å². The largest absolute Gasteiger partial charge is 0.461 e. The summed E-state index contributed by atoms with van der Waals surface area (Å²) in [5, 5.41) is 38.9. The van der Waals surface area contributed by atoms with E-state index in [4.69, 9.17) is 24.3 Å². The minimum absolute atomic E-state index is 0.168. The maximum Gasteiger partial charge on any atom is 0.459 e. The molecule has 42 heavy (non-hydrogen) atoms. The Morgan fingerprint density at radius 2 is 2.02 bits per heavy atom. The van der Waals surface area contributed by atoms with Gasteiger partial charge in [-0.25, -0.2) is 14.1 Å². The summed E-state index contributed by atoms with van der Waals surface area (Å²) < 4.78 is 38.4. The number of hydrogen-bond donors (Lipinski definition) is 4. The molecule has 3 heterocycles.